The molecule has 23 heavy (non-hydrogen) atoms. The number of amides is 1. The van der Waals surface area contributed by atoms with Gasteiger partial charge in [-0.15, -0.1) is 0 Å². The molecular formula is C18H27NO3S. The van der Waals surface area contributed by atoms with Crippen LogP contribution in [0.5, 0.6) is 5.75 Å². The molecule has 0 aliphatic heterocycles. The molecule has 0 aromatic heterocycles. The van der Waals surface area contributed by atoms with Gasteiger partial charge in [0.25, 0.3) is 0 Å². The van der Waals surface area contributed by atoms with Gasteiger partial charge in [0, 0.05) is 22.6 Å². The number of carbonyl (C=O) groups is 1. The molecule has 0 radical (unpaired) electrons. The van der Waals surface area contributed by atoms with Crippen LogP contribution in [0, 0.1) is 0 Å². The summed E-state index contributed by atoms with van der Waals surface area (Å²) in [7, 11) is 0.419. The summed E-state index contributed by atoms with van der Waals surface area (Å²) in [6, 6.07) is 7.77. The van der Waals surface area contributed by atoms with Crippen LogP contribution in [-0.4, -0.2) is 29.0 Å². The average molecular weight is 337 g/mol. The maximum absolute atomic E-state index is 12.2. The molecule has 1 atom stereocenters. The predicted octanol–water partition coefficient (Wildman–Crippen LogP) is 3.17. The molecule has 1 fully saturated rings. The fourth-order valence-electron chi connectivity index (χ4n) is 3.02. The second-order valence-corrected chi connectivity index (χ2v) is 7.65. The monoisotopic (exact) mass is 337 g/mol. The minimum Gasteiger partial charge on any atom is -0.497 e. The van der Waals surface area contributed by atoms with Crippen molar-refractivity contribution in [2.45, 2.75) is 56.7 Å². The van der Waals surface area contributed by atoms with E-state index in [9.17, 15) is 9.00 Å². The normalized spacial score (nSPS) is 17.8. The summed E-state index contributed by atoms with van der Waals surface area (Å²) in [6.45, 7) is 0. The van der Waals surface area contributed by atoms with Crippen molar-refractivity contribution in [2.24, 2.45) is 0 Å². The van der Waals surface area contributed by atoms with Crippen molar-refractivity contribution in [3.8, 4) is 5.75 Å². The van der Waals surface area contributed by atoms with Gasteiger partial charge >= 0.3 is 0 Å². The molecule has 4 nitrogen and oxygen atoms in total. The lowest BCUT2D eigenvalue weighted by Gasteiger charge is -2.20. The first-order valence-corrected chi connectivity index (χ1v) is 9.93. The van der Waals surface area contributed by atoms with Crippen molar-refractivity contribution >= 4 is 16.7 Å². The van der Waals surface area contributed by atoms with Gasteiger partial charge in [0.15, 0.2) is 0 Å². The van der Waals surface area contributed by atoms with E-state index >= 15 is 0 Å². The minimum absolute atomic E-state index is 0.0771. The SMILES string of the molecule is COc1cccc(CS(=O)CC(=O)NC2CCCCCCC2)c1. The molecule has 1 aromatic carbocycles. The van der Waals surface area contributed by atoms with Gasteiger partial charge in [0.05, 0.1) is 7.11 Å². The summed E-state index contributed by atoms with van der Waals surface area (Å²) in [5.74, 6) is 1.12. The molecule has 0 saturated heterocycles. The van der Waals surface area contributed by atoms with Crippen molar-refractivity contribution in [2.75, 3.05) is 12.9 Å². The summed E-state index contributed by atoms with van der Waals surface area (Å²) >= 11 is 0. The zero-order valence-corrected chi connectivity index (χ0v) is 14.7. The van der Waals surface area contributed by atoms with Gasteiger partial charge in [-0.1, -0.05) is 44.2 Å². The smallest absolute Gasteiger partial charge is 0.232 e. The van der Waals surface area contributed by atoms with Crippen LogP contribution in [0.4, 0.5) is 0 Å². The summed E-state index contributed by atoms with van der Waals surface area (Å²) in [4.78, 5) is 12.1. The van der Waals surface area contributed by atoms with Gasteiger partial charge in [-0.05, 0) is 30.5 Å². The Balaban J connectivity index is 1.78. The quantitative estimate of drug-likeness (QED) is 0.867. The molecule has 0 heterocycles. The predicted molar refractivity (Wildman–Crippen MR) is 94.0 cm³/mol. The Morgan fingerprint density at radius 3 is 2.61 bits per heavy atom. The topological polar surface area (TPSA) is 55.4 Å². The highest BCUT2D eigenvalue weighted by molar-refractivity contribution is 7.84. The van der Waals surface area contributed by atoms with E-state index in [0.717, 1.165) is 24.2 Å². The van der Waals surface area contributed by atoms with Crippen LogP contribution in [0.15, 0.2) is 24.3 Å². The molecule has 0 spiro atoms. The first-order chi connectivity index (χ1) is 11.2. The van der Waals surface area contributed by atoms with Gasteiger partial charge in [-0.3, -0.25) is 9.00 Å². The average Bonchev–Trinajstić information content (AvgIpc) is 2.49. The van der Waals surface area contributed by atoms with Crippen LogP contribution in [0.3, 0.4) is 0 Å². The van der Waals surface area contributed by atoms with Crippen LogP contribution >= 0.6 is 0 Å². The van der Waals surface area contributed by atoms with Crippen LogP contribution in [-0.2, 0) is 21.3 Å². The van der Waals surface area contributed by atoms with E-state index in [2.05, 4.69) is 5.32 Å². The van der Waals surface area contributed by atoms with E-state index in [1.54, 1.807) is 7.11 Å². The highest BCUT2D eigenvalue weighted by atomic mass is 32.2. The lowest BCUT2D eigenvalue weighted by molar-refractivity contribution is -0.119. The van der Waals surface area contributed by atoms with E-state index in [4.69, 9.17) is 4.74 Å². The zero-order valence-electron chi connectivity index (χ0n) is 13.9. The Morgan fingerprint density at radius 1 is 1.22 bits per heavy atom. The van der Waals surface area contributed by atoms with E-state index in [1.807, 2.05) is 24.3 Å². The molecule has 1 aromatic rings. The Bertz CT molecular complexity index is 525. The number of methoxy groups -OCH3 is 1. The number of carbonyl (C=O) groups excluding carboxylic acids is 1. The van der Waals surface area contributed by atoms with Gasteiger partial charge in [0.1, 0.15) is 11.5 Å². The van der Waals surface area contributed by atoms with Gasteiger partial charge in [-0.2, -0.15) is 0 Å². The molecule has 1 aliphatic carbocycles. The molecule has 1 unspecified atom stereocenters. The van der Waals surface area contributed by atoms with Crippen molar-refractivity contribution in [3.63, 3.8) is 0 Å². The maximum atomic E-state index is 12.2. The Labute approximate surface area is 141 Å². The lowest BCUT2D eigenvalue weighted by Crippen LogP contribution is -2.38. The standard InChI is InChI=1S/C18H27NO3S/c1-22-17-11-7-8-15(12-17)13-23(21)14-18(20)19-16-9-5-3-2-4-6-10-16/h7-8,11-12,16H,2-6,9-10,13-14H2,1H3,(H,19,20). The van der Waals surface area contributed by atoms with E-state index in [0.29, 0.717) is 5.75 Å². The van der Waals surface area contributed by atoms with Crippen LogP contribution in [0.2, 0.25) is 0 Å². The molecule has 0 bridgehead atoms. The third-order valence-corrected chi connectivity index (χ3v) is 5.46. The summed E-state index contributed by atoms with van der Waals surface area (Å²) in [5, 5.41) is 3.07. The first kappa shape index (κ1) is 18.0. The third kappa shape index (κ3) is 6.73. The number of benzene rings is 1. The first-order valence-electron chi connectivity index (χ1n) is 8.44. The molecule has 2 rings (SSSR count). The fraction of sp³-hybridized carbons (Fsp3) is 0.611. The highest BCUT2D eigenvalue weighted by Crippen LogP contribution is 2.17. The molecular weight excluding hydrogens is 310 g/mol. The number of nitrogens with one attached hydrogen (secondary N) is 1. The van der Waals surface area contributed by atoms with Crippen LogP contribution in [0.25, 0.3) is 0 Å². The van der Waals surface area contributed by atoms with Crippen molar-refractivity contribution in [1.29, 1.82) is 0 Å². The van der Waals surface area contributed by atoms with E-state index in [-0.39, 0.29) is 17.7 Å². The van der Waals surface area contributed by atoms with Crippen LogP contribution < -0.4 is 10.1 Å². The van der Waals surface area contributed by atoms with E-state index < -0.39 is 10.8 Å². The molecule has 1 amide bonds. The number of hydrogen-bond acceptors (Lipinski definition) is 3. The summed E-state index contributed by atoms with van der Waals surface area (Å²) in [5.41, 5.74) is 0.932. The molecule has 1 aliphatic rings. The van der Waals surface area contributed by atoms with E-state index in [1.165, 1.54) is 32.1 Å². The fourth-order valence-corrected chi connectivity index (χ4v) is 4.04. The Morgan fingerprint density at radius 2 is 1.91 bits per heavy atom. The van der Waals surface area contributed by atoms with Crippen molar-refractivity contribution < 1.29 is 13.7 Å². The number of rotatable bonds is 6. The van der Waals surface area contributed by atoms with Gasteiger partial charge < -0.3 is 10.1 Å². The van der Waals surface area contributed by atoms with Crippen molar-refractivity contribution in [3.05, 3.63) is 29.8 Å². The largest absolute Gasteiger partial charge is 0.497 e. The van der Waals surface area contributed by atoms with Gasteiger partial charge in [0.2, 0.25) is 5.91 Å². The molecule has 1 saturated carbocycles. The lowest BCUT2D eigenvalue weighted by atomic mass is 9.97. The second-order valence-electron chi connectivity index (χ2n) is 6.19. The second kappa shape index (κ2) is 9.71. The van der Waals surface area contributed by atoms with Gasteiger partial charge in [-0.25, -0.2) is 0 Å². The third-order valence-electron chi connectivity index (χ3n) is 4.22. The molecule has 1 N–H and O–H groups in total. The summed E-state index contributed by atoms with van der Waals surface area (Å²) < 4.78 is 17.4. The maximum Gasteiger partial charge on any atom is 0.232 e. The van der Waals surface area contributed by atoms with Crippen LogP contribution in [0.1, 0.15) is 50.5 Å². The Hall–Kier alpha value is -1.36. The molecule has 5 heteroatoms. The number of ether oxygens (including phenoxy) is 1. The Kier molecular flexibility index (Phi) is 7.59. The number of hydrogen-bond donors (Lipinski definition) is 1. The molecule has 128 valence electrons. The zero-order chi connectivity index (χ0) is 16.5. The minimum atomic E-state index is -1.19. The van der Waals surface area contributed by atoms with Crippen molar-refractivity contribution in [1.82, 2.24) is 5.32 Å². The highest BCUT2D eigenvalue weighted by Gasteiger charge is 2.16. The summed E-state index contributed by atoms with van der Waals surface area (Å²) in [6.07, 6.45) is 8.28.